The van der Waals surface area contributed by atoms with Crippen LogP contribution in [0.5, 0.6) is 5.75 Å². The van der Waals surface area contributed by atoms with Gasteiger partial charge in [-0.05, 0) is 60.0 Å². The van der Waals surface area contributed by atoms with Gasteiger partial charge in [-0.15, -0.1) is 0 Å². The highest BCUT2D eigenvalue weighted by Gasteiger charge is 2.37. The predicted octanol–water partition coefficient (Wildman–Crippen LogP) is 4.99. The number of non-ortho nitro benzene ring substituents is 1. The summed E-state index contributed by atoms with van der Waals surface area (Å²) in [5.74, 6) is -1.13. The van der Waals surface area contributed by atoms with Gasteiger partial charge in [0.25, 0.3) is 5.69 Å². The number of amides is 1. The number of aliphatic carboxylic acids is 1. The Balaban J connectivity index is 1.58. The predicted molar refractivity (Wildman–Crippen MR) is 155 cm³/mol. The Morgan fingerprint density at radius 2 is 1.68 bits per heavy atom. The molecule has 3 N–H and O–H groups in total. The van der Waals surface area contributed by atoms with Crippen molar-refractivity contribution < 1.29 is 24.7 Å². The van der Waals surface area contributed by atoms with Gasteiger partial charge in [0.1, 0.15) is 11.8 Å². The SMILES string of the molecule is C[C@@H]1CCN(C[C@H](Cc2ccccc2)C(=O)N[C@@H](Cc2ccc([N+](=O)[O-])cc2)C(=O)O)C(c2cccc(O)c2)[C@@H]1C. The second kappa shape index (κ2) is 13.4. The number of benzene rings is 3. The molecule has 1 amide bonds. The number of piperidine rings is 1. The highest BCUT2D eigenvalue weighted by atomic mass is 16.6. The molecule has 0 aromatic heterocycles. The number of carbonyl (C=O) groups excluding carboxylic acids is 1. The Hall–Kier alpha value is -4.24. The first-order valence-electron chi connectivity index (χ1n) is 14.0. The highest BCUT2D eigenvalue weighted by molar-refractivity contribution is 5.85. The van der Waals surface area contributed by atoms with Gasteiger partial charge in [-0.3, -0.25) is 19.8 Å². The number of phenolic OH excluding ortho intramolecular Hbond substituents is 1. The molecule has 9 nitrogen and oxygen atoms in total. The monoisotopic (exact) mass is 559 g/mol. The van der Waals surface area contributed by atoms with E-state index in [4.69, 9.17) is 0 Å². The number of nitrogens with one attached hydrogen (secondary N) is 1. The van der Waals surface area contributed by atoms with Crippen molar-refractivity contribution in [1.82, 2.24) is 10.2 Å². The molecule has 1 saturated heterocycles. The van der Waals surface area contributed by atoms with Crippen LogP contribution in [0.4, 0.5) is 5.69 Å². The van der Waals surface area contributed by atoms with Gasteiger partial charge in [0.2, 0.25) is 5.91 Å². The number of phenols is 1. The molecule has 216 valence electrons. The van der Waals surface area contributed by atoms with Crippen LogP contribution >= 0.6 is 0 Å². The zero-order chi connectivity index (χ0) is 29.5. The number of hydrogen-bond donors (Lipinski definition) is 3. The fourth-order valence-electron chi connectivity index (χ4n) is 5.74. The average Bonchev–Trinajstić information content (AvgIpc) is 2.95. The summed E-state index contributed by atoms with van der Waals surface area (Å²) in [7, 11) is 0. The van der Waals surface area contributed by atoms with Crippen molar-refractivity contribution in [1.29, 1.82) is 0 Å². The minimum absolute atomic E-state index is 0.00129. The van der Waals surface area contributed by atoms with Crippen LogP contribution in [-0.2, 0) is 22.4 Å². The molecular weight excluding hydrogens is 522 g/mol. The maximum Gasteiger partial charge on any atom is 0.326 e. The number of nitro benzene ring substituents is 1. The third kappa shape index (κ3) is 7.70. The minimum Gasteiger partial charge on any atom is -0.508 e. The zero-order valence-electron chi connectivity index (χ0n) is 23.3. The smallest absolute Gasteiger partial charge is 0.326 e. The van der Waals surface area contributed by atoms with E-state index in [-0.39, 0.29) is 35.7 Å². The normalized spacial score (nSPS) is 20.6. The maximum atomic E-state index is 13.8. The molecule has 0 saturated carbocycles. The van der Waals surface area contributed by atoms with Crippen LogP contribution in [0.25, 0.3) is 0 Å². The van der Waals surface area contributed by atoms with Crippen LogP contribution in [0.3, 0.4) is 0 Å². The molecule has 1 aliphatic heterocycles. The van der Waals surface area contributed by atoms with E-state index in [0.29, 0.717) is 24.4 Å². The highest BCUT2D eigenvalue weighted by Crippen LogP contribution is 2.40. The Morgan fingerprint density at radius 1 is 1.00 bits per heavy atom. The Labute approximate surface area is 240 Å². The lowest BCUT2D eigenvalue weighted by molar-refractivity contribution is -0.384. The van der Waals surface area contributed by atoms with Crippen molar-refractivity contribution in [3.63, 3.8) is 0 Å². The molecule has 0 aliphatic carbocycles. The fraction of sp³-hybridized carbons (Fsp3) is 0.375. The first-order chi connectivity index (χ1) is 19.6. The van der Waals surface area contributed by atoms with E-state index >= 15 is 0 Å². The molecule has 41 heavy (non-hydrogen) atoms. The van der Waals surface area contributed by atoms with E-state index in [2.05, 4.69) is 24.1 Å². The summed E-state index contributed by atoms with van der Waals surface area (Å²) in [6.45, 7) is 5.61. The lowest BCUT2D eigenvalue weighted by Gasteiger charge is -2.45. The molecular formula is C32H37N3O6. The molecule has 1 fully saturated rings. The number of carboxylic acids is 1. The molecule has 1 heterocycles. The lowest BCUT2D eigenvalue weighted by atomic mass is 9.78. The van der Waals surface area contributed by atoms with Gasteiger partial charge in [0.15, 0.2) is 0 Å². The molecule has 9 heteroatoms. The summed E-state index contributed by atoms with van der Waals surface area (Å²) in [5, 5.41) is 33.9. The van der Waals surface area contributed by atoms with Crippen LogP contribution in [0.1, 0.15) is 43.0 Å². The average molecular weight is 560 g/mol. The van der Waals surface area contributed by atoms with Crippen LogP contribution < -0.4 is 5.32 Å². The number of nitrogens with zero attached hydrogens (tertiary/aromatic N) is 2. The van der Waals surface area contributed by atoms with Gasteiger partial charge in [-0.25, -0.2) is 4.79 Å². The summed E-state index contributed by atoms with van der Waals surface area (Å²) < 4.78 is 0. The van der Waals surface area contributed by atoms with Crippen molar-refractivity contribution in [3.05, 3.63) is 106 Å². The van der Waals surface area contributed by atoms with E-state index < -0.39 is 22.9 Å². The molecule has 1 unspecified atom stereocenters. The topological polar surface area (TPSA) is 133 Å². The number of rotatable bonds is 11. The Bertz CT molecular complexity index is 1350. The first kappa shape index (κ1) is 29.7. The number of carboxylic acid groups (broad SMARTS) is 1. The standard InChI is InChI=1S/C32H37N3O6/c1-21-15-16-34(30(22(21)2)25-9-6-10-28(36)19-25)20-26(17-23-7-4-3-5-8-23)31(37)33-29(32(38)39)18-24-11-13-27(14-12-24)35(40)41/h3-14,19,21-22,26,29-30,36H,15-18,20H2,1-2H3,(H,33,37)(H,38,39)/t21-,22-,26+,29+,30?/m1/s1. The second-order valence-electron chi connectivity index (χ2n) is 11.1. The number of hydrogen-bond acceptors (Lipinski definition) is 6. The molecule has 1 aliphatic rings. The molecule has 0 bridgehead atoms. The first-order valence-corrected chi connectivity index (χ1v) is 14.0. The molecule has 0 spiro atoms. The third-order valence-electron chi connectivity index (χ3n) is 8.22. The maximum absolute atomic E-state index is 13.8. The van der Waals surface area contributed by atoms with E-state index in [0.717, 1.165) is 24.1 Å². The molecule has 4 rings (SSSR count). The van der Waals surface area contributed by atoms with Gasteiger partial charge in [0, 0.05) is 31.1 Å². The minimum atomic E-state index is -1.19. The molecule has 5 atom stereocenters. The summed E-state index contributed by atoms with van der Waals surface area (Å²) >= 11 is 0. The number of carbonyl (C=O) groups is 2. The summed E-state index contributed by atoms with van der Waals surface area (Å²) in [5.41, 5.74) is 2.45. The zero-order valence-corrected chi connectivity index (χ0v) is 23.3. The van der Waals surface area contributed by atoms with E-state index in [1.165, 1.54) is 24.3 Å². The van der Waals surface area contributed by atoms with Crippen LogP contribution in [0.15, 0.2) is 78.9 Å². The second-order valence-corrected chi connectivity index (χ2v) is 11.1. The summed E-state index contributed by atoms with van der Waals surface area (Å²) in [6.07, 6.45) is 1.40. The van der Waals surface area contributed by atoms with Crippen LogP contribution in [0.2, 0.25) is 0 Å². The Morgan fingerprint density at radius 3 is 2.32 bits per heavy atom. The van der Waals surface area contributed by atoms with Gasteiger partial charge in [-0.2, -0.15) is 0 Å². The van der Waals surface area contributed by atoms with Gasteiger partial charge in [-0.1, -0.05) is 68.4 Å². The van der Waals surface area contributed by atoms with Gasteiger partial charge >= 0.3 is 5.97 Å². The largest absolute Gasteiger partial charge is 0.508 e. The number of aromatic hydroxyl groups is 1. The van der Waals surface area contributed by atoms with E-state index in [1.54, 1.807) is 12.1 Å². The number of likely N-dealkylation sites (tertiary alicyclic amines) is 1. The number of nitro groups is 1. The van der Waals surface area contributed by atoms with Crippen molar-refractivity contribution in [2.45, 2.75) is 45.2 Å². The van der Waals surface area contributed by atoms with Crippen molar-refractivity contribution in [2.24, 2.45) is 17.8 Å². The molecule has 3 aromatic carbocycles. The quantitative estimate of drug-likeness (QED) is 0.223. The third-order valence-corrected chi connectivity index (χ3v) is 8.22. The lowest BCUT2D eigenvalue weighted by Crippen LogP contribution is -2.50. The fourth-order valence-corrected chi connectivity index (χ4v) is 5.74. The van der Waals surface area contributed by atoms with Gasteiger partial charge in [0.05, 0.1) is 10.8 Å². The molecule has 0 radical (unpaired) electrons. The summed E-state index contributed by atoms with van der Waals surface area (Å²) in [6, 6.07) is 21.4. The van der Waals surface area contributed by atoms with E-state index in [1.807, 2.05) is 42.5 Å². The van der Waals surface area contributed by atoms with Gasteiger partial charge < -0.3 is 15.5 Å². The van der Waals surface area contributed by atoms with Crippen LogP contribution in [-0.4, -0.2) is 51.0 Å². The van der Waals surface area contributed by atoms with Crippen molar-refractivity contribution >= 4 is 17.6 Å². The van der Waals surface area contributed by atoms with Crippen molar-refractivity contribution in [3.8, 4) is 5.75 Å². The van der Waals surface area contributed by atoms with E-state index in [9.17, 15) is 29.9 Å². The van der Waals surface area contributed by atoms with Crippen molar-refractivity contribution in [2.75, 3.05) is 13.1 Å². The van der Waals surface area contributed by atoms with Crippen LogP contribution in [0, 0.1) is 27.9 Å². The Kier molecular flexibility index (Phi) is 9.73. The molecule has 3 aromatic rings. The summed E-state index contributed by atoms with van der Waals surface area (Å²) in [4.78, 5) is 38.7.